The number of para-hydroxylation sites is 1. The van der Waals surface area contributed by atoms with Crippen LogP contribution in [-0.4, -0.2) is 32.2 Å². The van der Waals surface area contributed by atoms with Crippen LogP contribution in [-0.2, 0) is 11.3 Å². The molecule has 0 aliphatic rings. The second kappa shape index (κ2) is 10.7. The quantitative estimate of drug-likeness (QED) is 0.316. The summed E-state index contributed by atoms with van der Waals surface area (Å²) in [6.07, 6.45) is 1.98. The molecule has 168 valence electrons. The maximum Gasteiger partial charge on any atom is 0.237 e. The van der Waals surface area contributed by atoms with Crippen LogP contribution in [0, 0.1) is 5.82 Å². The van der Waals surface area contributed by atoms with Crippen LogP contribution in [0.15, 0.2) is 88.9 Å². The van der Waals surface area contributed by atoms with Gasteiger partial charge in [0.2, 0.25) is 5.91 Å². The molecule has 1 aromatic heterocycles. The number of aromatic nitrogens is 3. The van der Waals surface area contributed by atoms with Gasteiger partial charge in [-0.2, -0.15) is 0 Å². The highest BCUT2D eigenvalue weighted by molar-refractivity contribution is 8.00. The number of hydrogen-bond acceptors (Lipinski definition) is 5. The number of rotatable bonds is 8. The number of hydrogen-bond donors (Lipinski definition) is 1. The van der Waals surface area contributed by atoms with Crippen molar-refractivity contribution >= 4 is 35.1 Å². The van der Waals surface area contributed by atoms with E-state index >= 15 is 0 Å². The fourth-order valence-electron chi connectivity index (χ4n) is 3.29. The van der Waals surface area contributed by atoms with Crippen LogP contribution in [0.5, 0.6) is 0 Å². The Morgan fingerprint density at radius 1 is 1.00 bits per heavy atom. The number of amides is 1. The molecular formula is C25H23FN4OS2. The van der Waals surface area contributed by atoms with E-state index in [1.165, 1.54) is 23.9 Å². The first-order chi connectivity index (χ1) is 16.0. The number of nitrogens with zero attached hydrogens (tertiary/aromatic N) is 3. The Hall–Kier alpha value is -3.10. The molecule has 33 heavy (non-hydrogen) atoms. The number of anilines is 1. The molecule has 0 aliphatic carbocycles. The summed E-state index contributed by atoms with van der Waals surface area (Å²) >= 11 is 2.93. The maximum atomic E-state index is 13.5. The van der Waals surface area contributed by atoms with Gasteiger partial charge in [-0.1, -0.05) is 54.2 Å². The predicted octanol–water partition coefficient (Wildman–Crippen LogP) is 5.97. The molecule has 5 nitrogen and oxygen atoms in total. The normalized spacial score (nSPS) is 11.8. The van der Waals surface area contributed by atoms with E-state index in [4.69, 9.17) is 0 Å². The Morgan fingerprint density at radius 3 is 2.42 bits per heavy atom. The molecule has 4 rings (SSSR count). The highest BCUT2D eigenvalue weighted by atomic mass is 32.2. The van der Waals surface area contributed by atoms with Crippen LogP contribution in [0.4, 0.5) is 10.1 Å². The summed E-state index contributed by atoms with van der Waals surface area (Å²) in [7, 11) is 0. The smallest absolute Gasteiger partial charge is 0.237 e. The Labute approximate surface area is 200 Å². The largest absolute Gasteiger partial charge is 0.324 e. The van der Waals surface area contributed by atoms with Crippen molar-refractivity contribution in [1.82, 2.24) is 14.8 Å². The van der Waals surface area contributed by atoms with Gasteiger partial charge in [0.1, 0.15) is 5.82 Å². The van der Waals surface area contributed by atoms with Gasteiger partial charge in [0.05, 0.1) is 17.5 Å². The van der Waals surface area contributed by atoms with Crippen molar-refractivity contribution in [2.24, 2.45) is 0 Å². The number of carbonyl (C=O) groups excluding carboxylic acids is 1. The molecule has 4 aromatic rings. The molecule has 0 spiro atoms. The highest BCUT2D eigenvalue weighted by Gasteiger charge is 2.22. The first-order valence-electron chi connectivity index (χ1n) is 10.4. The zero-order valence-corrected chi connectivity index (χ0v) is 19.9. The van der Waals surface area contributed by atoms with Gasteiger partial charge in [-0.05, 0) is 55.1 Å². The van der Waals surface area contributed by atoms with E-state index in [-0.39, 0.29) is 11.7 Å². The SMILES string of the molecule is CSc1ccccc1NC(=O)C(C)Sc1nnc(-c2ccc(F)cc2)n1Cc1ccccc1. The third-order valence-corrected chi connectivity index (χ3v) is 6.90. The molecule has 0 saturated carbocycles. The Kier molecular flexibility index (Phi) is 7.47. The predicted molar refractivity (Wildman–Crippen MR) is 133 cm³/mol. The van der Waals surface area contributed by atoms with Crippen LogP contribution >= 0.6 is 23.5 Å². The molecule has 1 atom stereocenters. The molecule has 8 heteroatoms. The average molecular weight is 479 g/mol. The molecule has 1 amide bonds. The second-order valence-electron chi connectivity index (χ2n) is 7.33. The minimum Gasteiger partial charge on any atom is -0.324 e. The van der Waals surface area contributed by atoms with Gasteiger partial charge in [-0.3, -0.25) is 9.36 Å². The van der Waals surface area contributed by atoms with Crippen LogP contribution < -0.4 is 5.32 Å². The summed E-state index contributed by atoms with van der Waals surface area (Å²) in [6.45, 7) is 2.38. The van der Waals surface area contributed by atoms with Crippen molar-refractivity contribution in [3.05, 3.63) is 90.2 Å². The third-order valence-electron chi connectivity index (χ3n) is 5.02. The number of halogens is 1. The van der Waals surface area contributed by atoms with Crippen molar-refractivity contribution in [3.63, 3.8) is 0 Å². The zero-order valence-electron chi connectivity index (χ0n) is 18.2. The van der Waals surface area contributed by atoms with Crippen LogP contribution in [0.3, 0.4) is 0 Å². The summed E-state index contributed by atoms with van der Waals surface area (Å²) in [5.41, 5.74) is 2.63. The molecule has 0 aliphatic heterocycles. The van der Waals surface area contributed by atoms with Crippen LogP contribution in [0.1, 0.15) is 12.5 Å². The summed E-state index contributed by atoms with van der Waals surface area (Å²) in [5.74, 6) is 0.207. The molecule has 0 bridgehead atoms. The molecule has 1 unspecified atom stereocenters. The van der Waals surface area contributed by atoms with Gasteiger partial charge in [0.15, 0.2) is 11.0 Å². The lowest BCUT2D eigenvalue weighted by Gasteiger charge is -2.15. The van der Waals surface area contributed by atoms with Crippen molar-refractivity contribution < 1.29 is 9.18 Å². The van der Waals surface area contributed by atoms with E-state index in [1.54, 1.807) is 23.9 Å². The van der Waals surface area contributed by atoms with Gasteiger partial charge in [-0.15, -0.1) is 22.0 Å². The number of thioether (sulfide) groups is 2. The third kappa shape index (κ3) is 5.64. The minimum absolute atomic E-state index is 0.112. The number of carbonyl (C=O) groups is 1. The van der Waals surface area contributed by atoms with Gasteiger partial charge in [-0.25, -0.2) is 4.39 Å². The fraction of sp³-hybridized carbons (Fsp3) is 0.160. The van der Waals surface area contributed by atoms with E-state index in [0.717, 1.165) is 21.7 Å². The second-order valence-corrected chi connectivity index (χ2v) is 9.49. The summed E-state index contributed by atoms with van der Waals surface area (Å²) < 4.78 is 15.4. The summed E-state index contributed by atoms with van der Waals surface area (Å²) in [4.78, 5) is 13.9. The van der Waals surface area contributed by atoms with E-state index in [9.17, 15) is 9.18 Å². The zero-order chi connectivity index (χ0) is 23.2. The minimum atomic E-state index is -0.403. The number of benzene rings is 3. The van der Waals surface area contributed by atoms with E-state index < -0.39 is 5.25 Å². The van der Waals surface area contributed by atoms with Crippen LogP contribution in [0.2, 0.25) is 0 Å². The van der Waals surface area contributed by atoms with Gasteiger partial charge in [0, 0.05) is 10.5 Å². The molecule has 1 N–H and O–H groups in total. The first kappa shape index (κ1) is 23.1. The molecule has 0 saturated heterocycles. The van der Waals surface area contributed by atoms with Gasteiger partial charge < -0.3 is 5.32 Å². The lowest BCUT2D eigenvalue weighted by molar-refractivity contribution is -0.115. The Morgan fingerprint density at radius 2 is 1.70 bits per heavy atom. The molecule has 0 fully saturated rings. The topological polar surface area (TPSA) is 59.8 Å². The molecule has 3 aromatic carbocycles. The lowest BCUT2D eigenvalue weighted by atomic mass is 10.2. The van der Waals surface area contributed by atoms with Crippen molar-refractivity contribution in [3.8, 4) is 11.4 Å². The van der Waals surface area contributed by atoms with Crippen molar-refractivity contribution in [1.29, 1.82) is 0 Å². The standard InChI is InChI=1S/C25H23FN4OS2/c1-17(24(31)27-21-10-6-7-11-22(21)32-2)33-25-29-28-23(19-12-14-20(26)15-13-19)30(25)16-18-8-4-3-5-9-18/h3-15,17H,16H2,1-2H3,(H,27,31). The Balaban J connectivity index is 1.59. The average Bonchev–Trinajstić information content (AvgIpc) is 3.22. The summed E-state index contributed by atoms with van der Waals surface area (Å²) in [6, 6.07) is 23.9. The van der Waals surface area contributed by atoms with Gasteiger partial charge in [0.25, 0.3) is 0 Å². The van der Waals surface area contributed by atoms with E-state index in [2.05, 4.69) is 15.5 Å². The fourth-order valence-corrected chi connectivity index (χ4v) is 4.69. The van der Waals surface area contributed by atoms with Crippen molar-refractivity contribution in [2.75, 3.05) is 11.6 Å². The molecule has 0 radical (unpaired) electrons. The summed E-state index contributed by atoms with van der Waals surface area (Å²) in [5, 5.41) is 12.0. The lowest BCUT2D eigenvalue weighted by Crippen LogP contribution is -2.23. The first-order valence-corrected chi connectivity index (χ1v) is 12.5. The highest BCUT2D eigenvalue weighted by Crippen LogP contribution is 2.30. The monoisotopic (exact) mass is 478 g/mol. The molecule has 1 heterocycles. The van der Waals surface area contributed by atoms with E-state index in [0.29, 0.717) is 17.5 Å². The maximum absolute atomic E-state index is 13.5. The Bertz CT molecular complexity index is 1230. The number of nitrogens with one attached hydrogen (secondary N) is 1. The van der Waals surface area contributed by atoms with E-state index in [1.807, 2.05) is 72.3 Å². The van der Waals surface area contributed by atoms with Crippen molar-refractivity contribution in [2.45, 2.75) is 28.8 Å². The van der Waals surface area contributed by atoms with Crippen LogP contribution in [0.25, 0.3) is 11.4 Å². The molecular weight excluding hydrogens is 455 g/mol. The van der Waals surface area contributed by atoms with Gasteiger partial charge >= 0.3 is 0 Å².